The summed E-state index contributed by atoms with van der Waals surface area (Å²) in [4.78, 5) is 6.57. The molecule has 22 heavy (non-hydrogen) atoms. The molecule has 2 aromatic rings. The van der Waals surface area contributed by atoms with Crippen molar-refractivity contribution in [1.29, 1.82) is 0 Å². The Labute approximate surface area is 140 Å². The Bertz CT molecular complexity index is 757. The van der Waals surface area contributed by atoms with Crippen LogP contribution in [0, 0.1) is 0 Å². The van der Waals surface area contributed by atoms with Gasteiger partial charge in [0.15, 0.2) is 5.96 Å². The summed E-state index contributed by atoms with van der Waals surface area (Å²) in [5.41, 5.74) is 8.62. The fourth-order valence-electron chi connectivity index (χ4n) is 2.81. The third-order valence-electron chi connectivity index (χ3n) is 4.02. The van der Waals surface area contributed by atoms with Crippen LogP contribution in [0.15, 0.2) is 47.5 Å². The van der Waals surface area contributed by atoms with Crippen molar-refractivity contribution in [1.82, 2.24) is 4.90 Å². The van der Waals surface area contributed by atoms with Crippen LogP contribution in [0.3, 0.4) is 0 Å². The molecule has 1 atom stereocenters. The SMILES string of the molecule is CN1CC(C)(c2cccc(-c3cc(Cl)ccc3Cl)c2)N=C1N. The van der Waals surface area contributed by atoms with Crippen molar-refractivity contribution < 1.29 is 0 Å². The lowest BCUT2D eigenvalue weighted by atomic mass is 9.90. The summed E-state index contributed by atoms with van der Waals surface area (Å²) in [6.45, 7) is 2.84. The van der Waals surface area contributed by atoms with Crippen LogP contribution in [0.4, 0.5) is 0 Å². The average molecular weight is 334 g/mol. The molecular formula is C17H17Cl2N3. The van der Waals surface area contributed by atoms with Crippen LogP contribution >= 0.6 is 23.2 Å². The van der Waals surface area contributed by atoms with Crippen molar-refractivity contribution in [2.24, 2.45) is 10.7 Å². The number of hydrogen-bond acceptors (Lipinski definition) is 3. The molecule has 1 aliphatic rings. The van der Waals surface area contributed by atoms with E-state index in [1.807, 2.05) is 36.2 Å². The first-order chi connectivity index (χ1) is 10.4. The maximum atomic E-state index is 6.31. The van der Waals surface area contributed by atoms with Crippen LogP contribution in [0.2, 0.25) is 10.0 Å². The van der Waals surface area contributed by atoms with Crippen LogP contribution in [0.5, 0.6) is 0 Å². The van der Waals surface area contributed by atoms with Gasteiger partial charge in [0.25, 0.3) is 0 Å². The summed E-state index contributed by atoms with van der Waals surface area (Å²) in [7, 11) is 1.95. The van der Waals surface area contributed by atoms with Gasteiger partial charge in [0.1, 0.15) is 5.54 Å². The van der Waals surface area contributed by atoms with Crippen LogP contribution < -0.4 is 5.73 Å². The van der Waals surface area contributed by atoms with Gasteiger partial charge in [0, 0.05) is 29.2 Å². The van der Waals surface area contributed by atoms with Crippen LogP contribution in [-0.2, 0) is 5.54 Å². The molecule has 0 saturated carbocycles. The molecule has 2 N–H and O–H groups in total. The summed E-state index contributed by atoms with van der Waals surface area (Å²) < 4.78 is 0. The minimum absolute atomic E-state index is 0.347. The summed E-state index contributed by atoms with van der Waals surface area (Å²) in [5.74, 6) is 0.564. The molecule has 0 aromatic heterocycles. The zero-order valence-electron chi connectivity index (χ0n) is 12.5. The second-order valence-electron chi connectivity index (χ2n) is 5.80. The number of nitrogens with zero attached hydrogens (tertiary/aromatic N) is 2. The number of halogens is 2. The molecule has 0 saturated heterocycles. The fourth-order valence-corrected chi connectivity index (χ4v) is 3.21. The van der Waals surface area contributed by atoms with Crippen LogP contribution in [0.1, 0.15) is 12.5 Å². The van der Waals surface area contributed by atoms with Crippen molar-refractivity contribution in [3.05, 3.63) is 58.1 Å². The second-order valence-corrected chi connectivity index (χ2v) is 6.65. The monoisotopic (exact) mass is 333 g/mol. The third kappa shape index (κ3) is 2.67. The van der Waals surface area contributed by atoms with Crippen LogP contribution in [0.25, 0.3) is 11.1 Å². The number of benzene rings is 2. The zero-order chi connectivity index (χ0) is 15.9. The Balaban J connectivity index is 2.06. The zero-order valence-corrected chi connectivity index (χ0v) is 14.0. The van der Waals surface area contributed by atoms with Crippen molar-refractivity contribution in [2.75, 3.05) is 13.6 Å². The molecule has 3 nitrogen and oxygen atoms in total. The Morgan fingerprint density at radius 3 is 2.64 bits per heavy atom. The van der Waals surface area contributed by atoms with E-state index in [0.29, 0.717) is 16.0 Å². The van der Waals surface area contributed by atoms with Gasteiger partial charge >= 0.3 is 0 Å². The van der Waals surface area contributed by atoms with E-state index in [4.69, 9.17) is 28.9 Å². The predicted molar refractivity (Wildman–Crippen MR) is 93.5 cm³/mol. The number of hydrogen-bond donors (Lipinski definition) is 1. The average Bonchev–Trinajstić information content (AvgIpc) is 2.76. The normalized spacial score (nSPS) is 21.1. The van der Waals surface area contributed by atoms with Crippen molar-refractivity contribution >= 4 is 29.2 Å². The van der Waals surface area contributed by atoms with Gasteiger partial charge < -0.3 is 10.6 Å². The topological polar surface area (TPSA) is 41.6 Å². The summed E-state index contributed by atoms with van der Waals surface area (Å²) in [6, 6.07) is 13.7. The van der Waals surface area contributed by atoms with E-state index in [9.17, 15) is 0 Å². The standard InChI is InChI=1S/C17H17Cl2N3/c1-17(10-22(2)16(20)21-17)12-5-3-4-11(8-12)14-9-13(18)6-7-15(14)19/h3-9H,10H2,1-2H3,(H2,20,21). The predicted octanol–water partition coefficient (Wildman–Crippen LogP) is 4.14. The molecule has 114 valence electrons. The molecule has 1 unspecified atom stereocenters. The highest BCUT2D eigenvalue weighted by Gasteiger charge is 2.34. The molecule has 2 aromatic carbocycles. The first-order valence-electron chi connectivity index (χ1n) is 7.01. The van der Waals surface area contributed by atoms with Gasteiger partial charge in [-0.2, -0.15) is 0 Å². The lowest BCUT2D eigenvalue weighted by molar-refractivity contribution is 0.409. The summed E-state index contributed by atoms with van der Waals surface area (Å²) in [6.07, 6.45) is 0. The number of nitrogens with two attached hydrogens (primary N) is 1. The summed E-state index contributed by atoms with van der Waals surface area (Å²) >= 11 is 12.4. The molecule has 1 heterocycles. The molecule has 0 spiro atoms. The van der Waals surface area contributed by atoms with E-state index in [1.54, 1.807) is 6.07 Å². The molecule has 3 rings (SSSR count). The highest BCUT2D eigenvalue weighted by atomic mass is 35.5. The Morgan fingerprint density at radius 2 is 1.95 bits per heavy atom. The van der Waals surface area contributed by atoms with Crippen molar-refractivity contribution in [2.45, 2.75) is 12.5 Å². The van der Waals surface area contributed by atoms with E-state index in [1.165, 1.54) is 0 Å². The molecule has 0 aliphatic carbocycles. The van der Waals surface area contributed by atoms with Gasteiger partial charge in [-0.05, 0) is 42.3 Å². The maximum Gasteiger partial charge on any atom is 0.192 e. The fraction of sp³-hybridized carbons (Fsp3) is 0.235. The number of aliphatic imine (C=N–C) groups is 1. The van der Waals surface area contributed by atoms with E-state index in [0.717, 1.165) is 23.2 Å². The summed E-state index contributed by atoms with van der Waals surface area (Å²) in [5, 5.41) is 1.34. The molecule has 0 fully saturated rings. The van der Waals surface area contributed by atoms with E-state index < -0.39 is 0 Å². The molecular weight excluding hydrogens is 317 g/mol. The molecule has 0 amide bonds. The second kappa shape index (κ2) is 5.49. The van der Waals surface area contributed by atoms with Gasteiger partial charge in [-0.15, -0.1) is 0 Å². The van der Waals surface area contributed by atoms with Crippen molar-refractivity contribution in [3.8, 4) is 11.1 Å². The largest absolute Gasteiger partial charge is 0.370 e. The number of likely N-dealkylation sites (N-methyl/N-ethyl adjacent to an activating group) is 1. The van der Waals surface area contributed by atoms with Gasteiger partial charge in [-0.25, -0.2) is 4.99 Å². The molecule has 0 radical (unpaired) electrons. The Kier molecular flexibility index (Phi) is 3.79. The maximum absolute atomic E-state index is 6.31. The highest BCUT2D eigenvalue weighted by Crippen LogP contribution is 2.35. The first kappa shape index (κ1) is 15.2. The quantitative estimate of drug-likeness (QED) is 0.897. The van der Waals surface area contributed by atoms with E-state index in [-0.39, 0.29) is 5.54 Å². The lowest BCUT2D eigenvalue weighted by Crippen LogP contribution is -2.32. The minimum Gasteiger partial charge on any atom is -0.370 e. The minimum atomic E-state index is -0.347. The molecule has 5 heteroatoms. The van der Waals surface area contributed by atoms with E-state index in [2.05, 4.69) is 24.0 Å². The lowest BCUT2D eigenvalue weighted by Gasteiger charge is -2.23. The van der Waals surface area contributed by atoms with Gasteiger partial charge in [-0.3, -0.25) is 0 Å². The van der Waals surface area contributed by atoms with E-state index >= 15 is 0 Å². The number of rotatable bonds is 2. The molecule has 0 bridgehead atoms. The third-order valence-corrected chi connectivity index (χ3v) is 4.59. The van der Waals surface area contributed by atoms with Crippen molar-refractivity contribution in [3.63, 3.8) is 0 Å². The van der Waals surface area contributed by atoms with Gasteiger partial charge in [0.05, 0.1) is 0 Å². The number of guanidine groups is 1. The van der Waals surface area contributed by atoms with Gasteiger partial charge in [-0.1, -0.05) is 41.4 Å². The van der Waals surface area contributed by atoms with Crippen LogP contribution in [-0.4, -0.2) is 24.5 Å². The molecule has 1 aliphatic heterocycles. The Hall–Kier alpha value is -1.71. The van der Waals surface area contributed by atoms with Gasteiger partial charge in [0.2, 0.25) is 0 Å². The Morgan fingerprint density at radius 1 is 1.18 bits per heavy atom. The first-order valence-corrected chi connectivity index (χ1v) is 7.77. The highest BCUT2D eigenvalue weighted by molar-refractivity contribution is 6.35. The smallest absolute Gasteiger partial charge is 0.192 e.